The Kier molecular flexibility index (Phi) is 5.50. The van der Waals surface area contributed by atoms with Gasteiger partial charge in [0, 0.05) is 23.7 Å². The van der Waals surface area contributed by atoms with E-state index in [9.17, 15) is 0 Å². The van der Waals surface area contributed by atoms with Crippen LogP contribution < -0.4 is 10.1 Å². The van der Waals surface area contributed by atoms with Crippen molar-refractivity contribution in [3.63, 3.8) is 0 Å². The van der Waals surface area contributed by atoms with Crippen LogP contribution in [-0.2, 0) is 19.7 Å². The molecule has 1 heterocycles. The first kappa shape index (κ1) is 17.2. The van der Waals surface area contributed by atoms with Crippen LogP contribution in [0.4, 0.5) is 5.95 Å². The molecule has 0 fully saturated rings. The van der Waals surface area contributed by atoms with Gasteiger partial charge in [0.05, 0.1) is 0 Å². The molecule has 3 aromatic rings. The summed E-state index contributed by atoms with van der Waals surface area (Å²) in [7, 11) is 0. The molecule has 2 aromatic carbocycles. The van der Waals surface area contributed by atoms with Gasteiger partial charge in [-0.25, -0.2) is 4.68 Å². The zero-order chi connectivity index (χ0) is 17.6. The maximum atomic E-state index is 6.15. The Morgan fingerprint density at radius 3 is 2.80 bits per heavy atom. The minimum Gasteiger partial charge on any atom is -0.489 e. The summed E-state index contributed by atoms with van der Waals surface area (Å²) in [6, 6.07) is 13.8. The van der Waals surface area contributed by atoms with Crippen molar-refractivity contribution >= 4 is 17.5 Å². The summed E-state index contributed by atoms with van der Waals surface area (Å²) in [4.78, 5) is 0. The van der Waals surface area contributed by atoms with Crippen molar-refractivity contribution in [2.24, 2.45) is 0 Å². The monoisotopic (exact) mass is 357 g/mol. The summed E-state index contributed by atoms with van der Waals surface area (Å²) in [6.45, 7) is 5.78. The Labute approximate surface area is 151 Å². The molecule has 7 heteroatoms. The number of nitrogens with one attached hydrogen (secondary N) is 1. The quantitative estimate of drug-likeness (QED) is 0.695. The van der Waals surface area contributed by atoms with Gasteiger partial charge in [-0.2, -0.15) is 0 Å². The van der Waals surface area contributed by atoms with Crippen LogP contribution in [0.5, 0.6) is 5.75 Å². The highest BCUT2D eigenvalue weighted by Crippen LogP contribution is 2.25. The molecule has 0 amide bonds. The number of hydrogen-bond donors (Lipinski definition) is 1. The molecule has 0 unspecified atom stereocenters. The van der Waals surface area contributed by atoms with Crippen LogP contribution >= 0.6 is 11.6 Å². The third kappa shape index (κ3) is 4.28. The first-order chi connectivity index (χ1) is 12.2. The number of aromatic nitrogens is 4. The molecule has 0 aliphatic carbocycles. The number of aryl methyl sites for hydroxylation is 2. The molecule has 0 saturated carbocycles. The Hall–Kier alpha value is -2.60. The Bertz CT molecular complexity index is 849. The topological polar surface area (TPSA) is 64.9 Å². The van der Waals surface area contributed by atoms with Gasteiger partial charge >= 0.3 is 0 Å². The number of ether oxygens (including phenoxy) is 1. The molecule has 6 nitrogen and oxygen atoms in total. The van der Waals surface area contributed by atoms with Crippen LogP contribution in [0, 0.1) is 6.92 Å². The van der Waals surface area contributed by atoms with Crippen LogP contribution in [-0.4, -0.2) is 20.2 Å². The maximum Gasteiger partial charge on any atom is 0.243 e. The molecule has 3 rings (SSSR count). The summed E-state index contributed by atoms with van der Waals surface area (Å²) in [5, 5.41) is 15.4. The van der Waals surface area contributed by atoms with Crippen molar-refractivity contribution in [1.82, 2.24) is 20.2 Å². The van der Waals surface area contributed by atoms with Gasteiger partial charge in [0.2, 0.25) is 5.95 Å². The normalized spacial score (nSPS) is 10.7. The van der Waals surface area contributed by atoms with Gasteiger partial charge in [-0.05, 0) is 53.6 Å². The molecule has 25 heavy (non-hydrogen) atoms. The lowest BCUT2D eigenvalue weighted by Gasteiger charge is -2.14. The largest absolute Gasteiger partial charge is 0.489 e. The van der Waals surface area contributed by atoms with Crippen LogP contribution in [0.25, 0.3) is 0 Å². The summed E-state index contributed by atoms with van der Waals surface area (Å²) in [6.07, 6.45) is 0. The number of hydrogen-bond acceptors (Lipinski definition) is 5. The minimum atomic E-state index is 0.508. The van der Waals surface area contributed by atoms with Gasteiger partial charge in [-0.1, -0.05) is 41.0 Å². The molecule has 130 valence electrons. The summed E-state index contributed by atoms with van der Waals surface area (Å²) < 4.78 is 7.72. The summed E-state index contributed by atoms with van der Waals surface area (Å²) in [5.41, 5.74) is 3.32. The Balaban J connectivity index is 1.73. The molecule has 0 bridgehead atoms. The molecule has 0 radical (unpaired) electrons. The maximum absolute atomic E-state index is 6.15. The van der Waals surface area contributed by atoms with Crippen molar-refractivity contribution in [3.8, 4) is 5.75 Å². The molecule has 0 spiro atoms. The van der Waals surface area contributed by atoms with Gasteiger partial charge in [0.25, 0.3) is 0 Å². The second-order valence-electron chi connectivity index (χ2n) is 5.64. The van der Waals surface area contributed by atoms with E-state index in [-0.39, 0.29) is 0 Å². The van der Waals surface area contributed by atoms with E-state index in [0.29, 0.717) is 30.7 Å². The number of nitrogens with zero attached hydrogens (tertiary/aromatic N) is 4. The summed E-state index contributed by atoms with van der Waals surface area (Å²) in [5.74, 6) is 1.41. The van der Waals surface area contributed by atoms with Crippen LogP contribution in [0.1, 0.15) is 23.6 Å². The lowest BCUT2D eigenvalue weighted by molar-refractivity contribution is 0.302. The Morgan fingerprint density at radius 2 is 2.00 bits per heavy atom. The molecule has 0 aliphatic heterocycles. The van der Waals surface area contributed by atoms with E-state index in [0.717, 1.165) is 16.9 Å². The molecule has 0 saturated heterocycles. The van der Waals surface area contributed by atoms with E-state index < -0.39 is 0 Å². The average Bonchev–Trinajstić information content (AvgIpc) is 3.08. The van der Waals surface area contributed by atoms with E-state index >= 15 is 0 Å². The van der Waals surface area contributed by atoms with Crippen molar-refractivity contribution in [2.75, 3.05) is 5.32 Å². The predicted octanol–water partition coefficient (Wildman–Crippen LogP) is 3.85. The van der Waals surface area contributed by atoms with E-state index in [4.69, 9.17) is 16.3 Å². The third-order valence-electron chi connectivity index (χ3n) is 3.94. The molecular weight excluding hydrogens is 338 g/mol. The van der Waals surface area contributed by atoms with Gasteiger partial charge in [-0.3, -0.25) is 0 Å². The highest BCUT2D eigenvalue weighted by Gasteiger charge is 2.09. The van der Waals surface area contributed by atoms with E-state index in [1.807, 2.05) is 37.3 Å². The predicted molar refractivity (Wildman–Crippen MR) is 97.8 cm³/mol. The van der Waals surface area contributed by atoms with Crippen LogP contribution in [0.3, 0.4) is 0 Å². The van der Waals surface area contributed by atoms with Crippen molar-refractivity contribution in [3.05, 3.63) is 64.2 Å². The second kappa shape index (κ2) is 7.98. The van der Waals surface area contributed by atoms with Gasteiger partial charge in [0.1, 0.15) is 12.4 Å². The number of benzene rings is 2. The van der Waals surface area contributed by atoms with Crippen LogP contribution in [0.15, 0.2) is 42.5 Å². The lowest BCUT2D eigenvalue weighted by Crippen LogP contribution is -2.09. The van der Waals surface area contributed by atoms with E-state index in [2.05, 4.69) is 39.9 Å². The number of halogens is 1. The standard InChI is InChI=1S/C18H20ClN5O/c1-3-24-18(21-22-23-24)20-11-15-10-16(19)8-9-17(15)25-12-14-7-5-4-6-13(14)2/h4-10H,3,11-12H2,1-2H3,(H,20,21,23). The molecule has 1 N–H and O–H groups in total. The zero-order valence-electron chi connectivity index (χ0n) is 14.2. The minimum absolute atomic E-state index is 0.508. The SMILES string of the molecule is CCn1nnnc1NCc1cc(Cl)ccc1OCc1ccccc1C. The van der Waals surface area contributed by atoms with Gasteiger partial charge in [0.15, 0.2) is 0 Å². The fourth-order valence-corrected chi connectivity index (χ4v) is 2.67. The lowest BCUT2D eigenvalue weighted by atomic mass is 10.1. The highest BCUT2D eigenvalue weighted by atomic mass is 35.5. The number of tetrazole rings is 1. The van der Waals surface area contributed by atoms with Crippen molar-refractivity contribution in [2.45, 2.75) is 33.5 Å². The third-order valence-corrected chi connectivity index (χ3v) is 4.17. The second-order valence-corrected chi connectivity index (χ2v) is 6.08. The fourth-order valence-electron chi connectivity index (χ4n) is 2.47. The smallest absolute Gasteiger partial charge is 0.243 e. The molecule has 0 aliphatic rings. The molecule has 0 atom stereocenters. The first-order valence-electron chi connectivity index (χ1n) is 8.13. The number of rotatable bonds is 7. The highest BCUT2D eigenvalue weighted by molar-refractivity contribution is 6.30. The molecular formula is C18H20ClN5O. The van der Waals surface area contributed by atoms with E-state index in [1.54, 1.807) is 4.68 Å². The Morgan fingerprint density at radius 1 is 1.16 bits per heavy atom. The zero-order valence-corrected chi connectivity index (χ0v) is 15.0. The van der Waals surface area contributed by atoms with Crippen molar-refractivity contribution < 1.29 is 4.74 Å². The number of anilines is 1. The van der Waals surface area contributed by atoms with Gasteiger partial charge in [-0.15, -0.1) is 0 Å². The summed E-state index contributed by atoms with van der Waals surface area (Å²) >= 11 is 6.15. The van der Waals surface area contributed by atoms with Crippen LogP contribution in [0.2, 0.25) is 5.02 Å². The molecule has 1 aromatic heterocycles. The fraction of sp³-hybridized carbons (Fsp3) is 0.278. The first-order valence-corrected chi connectivity index (χ1v) is 8.51. The van der Waals surface area contributed by atoms with Gasteiger partial charge < -0.3 is 10.1 Å². The van der Waals surface area contributed by atoms with Crippen molar-refractivity contribution in [1.29, 1.82) is 0 Å². The van der Waals surface area contributed by atoms with E-state index in [1.165, 1.54) is 5.56 Å². The average molecular weight is 358 g/mol.